The van der Waals surface area contributed by atoms with Crippen LogP contribution in [0.4, 0.5) is 11.6 Å². The fourth-order valence-electron chi connectivity index (χ4n) is 1.12. The molecule has 1 unspecified atom stereocenters. The van der Waals surface area contributed by atoms with Gasteiger partial charge in [0.1, 0.15) is 0 Å². The van der Waals surface area contributed by atoms with E-state index in [2.05, 4.69) is 28.5 Å². The second-order valence-electron chi connectivity index (χ2n) is 3.00. The highest BCUT2D eigenvalue weighted by atomic mass is 32.2. The smallest absolute Gasteiger partial charge is 0.169 e. The molecule has 1 heterocycles. The molecule has 1 atom stereocenters. The Morgan fingerprint density at radius 2 is 2.21 bits per heavy atom. The summed E-state index contributed by atoms with van der Waals surface area (Å²) in [6.07, 6.45) is 6.38. The van der Waals surface area contributed by atoms with Crippen LogP contribution in [-0.2, 0) is 0 Å². The SMILES string of the molecule is CCC(CSC)Nc1nccnc1N. The van der Waals surface area contributed by atoms with Crippen LogP contribution in [0, 0.1) is 0 Å². The Morgan fingerprint density at radius 1 is 1.50 bits per heavy atom. The van der Waals surface area contributed by atoms with Crippen molar-refractivity contribution in [2.24, 2.45) is 0 Å². The Morgan fingerprint density at radius 3 is 2.79 bits per heavy atom. The van der Waals surface area contributed by atoms with Crippen molar-refractivity contribution >= 4 is 23.4 Å². The molecular weight excluding hydrogens is 196 g/mol. The molecule has 0 aromatic carbocycles. The Balaban J connectivity index is 2.62. The maximum Gasteiger partial charge on any atom is 0.169 e. The molecule has 1 aromatic rings. The molecule has 0 aliphatic carbocycles. The lowest BCUT2D eigenvalue weighted by molar-refractivity contribution is 0.769. The average molecular weight is 212 g/mol. The van der Waals surface area contributed by atoms with Gasteiger partial charge in [-0.1, -0.05) is 6.92 Å². The second kappa shape index (κ2) is 5.70. The van der Waals surface area contributed by atoms with E-state index in [9.17, 15) is 0 Å². The van der Waals surface area contributed by atoms with Crippen molar-refractivity contribution < 1.29 is 0 Å². The number of thioether (sulfide) groups is 1. The number of nitrogens with zero attached hydrogens (tertiary/aromatic N) is 2. The molecule has 78 valence electrons. The van der Waals surface area contributed by atoms with E-state index in [0.717, 1.165) is 12.2 Å². The van der Waals surface area contributed by atoms with E-state index in [1.54, 1.807) is 12.4 Å². The van der Waals surface area contributed by atoms with E-state index in [-0.39, 0.29) is 0 Å². The Bertz CT molecular complexity index is 279. The Hall–Kier alpha value is -0.970. The zero-order chi connectivity index (χ0) is 10.4. The van der Waals surface area contributed by atoms with Crippen molar-refractivity contribution in [3.8, 4) is 0 Å². The van der Waals surface area contributed by atoms with Crippen LogP contribution in [0.3, 0.4) is 0 Å². The van der Waals surface area contributed by atoms with Crippen molar-refractivity contribution in [2.75, 3.05) is 23.1 Å². The lowest BCUT2D eigenvalue weighted by atomic mass is 10.2. The molecule has 5 heteroatoms. The molecule has 0 aliphatic heterocycles. The van der Waals surface area contributed by atoms with Gasteiger partial charge in [-0.05, 0) is 12.7 Å². The molecule has 4 nitrogen and oxygen atoms in total. The minimum absolute atomic E-state index is 0.406. The molecular formula is C9H16N4S. The molecule has 14 heavy (non-hydrogen) atoms. The van der Waals surface area contributed by atoms with Gasteiger partial charge in [0.25, 0.3) is 0 Å². The number of rotatable bonds is 5. The van der Waals surface area contributed by atoms with Crippen LogP contribution in [0.15, 0.2) is 12.4 Å². The molecule has 0 radical (unpaired) electrons. The predicted molar refractivity (Wildman–Crippen MR) is 62.5 cm³/mol. The fraction of sp³-hybridized carbons (Fsp3) is 0.556. The number of hydrogen-bond donors (Lipinski definition) is 2. The summed E-state index contributed by atoms with van der Waals surface area (Å²) in [7, 11) is 0. The first-order valence-electron chi connectivity index (χ1n) is 4.59. The van der Waals surface area contributed by atoms with Crippen molar-refractivity contribution in [2.45, 2.75) is 19.4 Å². The van der Waals surface area contributed by atoms with Gasteiger partial charge in [-0.3, -0.25) is 0 Å². The maximum absolute atomic E-state index is 5.68. The number of nitrogen functional groups attached to an aromatic ring is 1. The number of nitrogens with two attached hydrogens (primary N) is 1. The third-order valence-corrected chi connectivity index (χ3v) is 2.66. The summed E-state index contributed by atoms with van der Waals surface area (Å²) in [5.41, 5.74) is 5.68. The minimum Gasteiger partial charge on any atom is -0.381 e. The zero-order valence-electron chi connectivity index (χ0n) is 8.53. The quantitative estimate of drug-likeness (QED) is 0.776. The van der Waals surface area contributed by atoms with Crippen molar-refractivity contribution in [1.82, 2.24) is 9.97 Å². The number of hydrogen-bond acceptors (Lipinski definition) is 5. The van der Waals surface area contributed by atoms with E-state index in [1.165, 1.54) is 0 Å². The van der Waals surface area contributed by atoms with Crippen LogP contribution >= 0.6 is 11.8 Å². The van der Waals surface area contributed by atoms with Crippen LogP contribution in [0.1, 0.15) is 13.3 Å². The molecule has 3 N–H and O–H groups in total. The molecule has 1 aromatic heterocycles. The van der Waals surface area contributed by atoms with Crippen LogP contribution in [0.2, 0.25) is 0 Å². The lowest BCUT2D eigenvalue weighted by Crippen LogP contribution is -2.22. The second-order valence-corrected chi connectivity index (χ2v) is 3.91. The predicted octanol–water partition coefficient (Wildman–Crippen LogP) is 1.61. The van der Waals surface area contributed by atoms with Gasteiger partial charge in [0.05, 0.1) is 0 Å². The molecule has 0 fully saturated rings. The molecule has 0 saturated heterocycles. The molecule has 0 bridgehead atoms. The summed E-state index contributed by atoms with van der Waals surface area (Å²) in [5.74, 6) is 2.20. The van der Waals surface area contributed by atoms with Gasteiger partial charge in [0, 0.05) is 24.2 Å². The van der Waals surface area contributed by atoms with Crippen LogP contribution in [-0.4, -0.2) is 28.0 Å². The highest BCUT2D eigenvalue weighted by molar-refractivity contribution is 7.98. The van der Waals surface area contributed by atoms with Gasteiger partial charge in [-0.25, -0.2) is 9.97 Å². The third kappa shape index (κ3) is 3.06. The topological polar surface area (TPSA) is 63.8 Å². The van der Waals surface area contributed by atoms with Gasteiger partial charge in [0.15, 0.2) is 11.6 Å². The van der Waals surface area contributed by atoms with Crippen LogP contribution in [0.25, 0.3) is 0 Å². The molecule has 0 saturated carbocycles. The van der Waals surface area contributed by atoms with E-state index in [4.69, 9.17) is 5.73 Å². The minimum atomic E-state index is 0.406. The molecule has 0 aliphatic rings. The van der Waals surface area contributed by atoms with Gasteiger partial charge in [-0.15, -0.1) is 0 Å². The normalized spacial score (nSPS) is 12.4. The molecule has 0 amide bonds. The highest BCUT2D eigenvalue weighted by Gasteiger charge is 2.08. The summed E-state index contributed by atoms with van der Waals surface area (Å²) in [6, 6.07) is 0.406. The first-order chi connectivity index (χ1) is 6.77. The van der Waals surface area contributed by atoms with Gasteiger partial charge >= 0.3 is 0 Å². The van der Waals surface area contributed by atoms with Crippen LogP contribution in [0.5, 0.6) is 0 Å². The Labute approximate surface area is 88.7 Å². The van der Waals surface area contributed by atoms with Gasteiger partial charge in [-0.2, -0.15) is 11.8 Å². The van der Waals surface area contributed by atoms with Crippen molar-refractivity contribution in [3.63, 3.8) is 0 Å². The first-order valence-corrected chi connectivity index (χ1v) is 5.99. The monoisotopic (exact) mass is 212 g/mol. The van der Waals surface area contributed by atoms with E-state index in [1.807, 2.05) is 11.8 Å². The number of anilines is 2. The van der Waals surface area contributed by atoms with Crippen molar-refractivity contribution in [1.29, 1.82) is 0 Å². The standard InChI is InChI=1S/C9H16N4S/c1-3-7(6-14-2)13-9-8(10)11-4-5-12-9/h4-5,7H,3,6H2,1-2H3,(H2,10,11)(H,12,13). The number of aromatic nitrogens is 2. The summed E-state index contributed by atoms with van der Waals surface area (Å²) >= 11 is 1.81. The first kappa shape index (κ1) is 11.1. The average Bonchev–Trinajstić information content (AvgIpc) is 2.20. The lowest BCUT2D eigenvalue weighted by Gasteiger charge is -2.16. The maximum atomic E-state index is 5.68. The summed E-state index contributed by atoms with van der Waals surface area (Å²) in [6.45, 7) is 2.14. The molecule has 1 rings (SSSR count). The highest BCUT2D eigenvalue weighted by Crippen LogP contribution is 2.13. The third-order valence-electron chi connectivity index (χ3n) is 1.93. The summed E-state index contributed by atoms with van der Waals surface area (Å²) < 4.78 is 0. The largest absolute Gasteiger partial charge is 0.381 e. The number of nitrogens with one attached hydrogen (secondary N) is 1. The van der Waals surface area contributed by atoms with Crippen molar-refractivity contribution in [3.05, 3.63) is 12.4 Å². The summed E-state index contributed by atoms with van der Waals surface area (Å²) in [4.78, 5) is 8.11. The zero-order valence-corrected chi connectivity index (χ0v) is 9.34. The Kier molecular flexibility index (Phi) is 4.52. The van der Waals surface area contributed by atoms with E-state index in [0.29, 0.717) is 17.7 Å². The van der Waals surface area contributed by atoms with Gasteiger partial charge < -0.3 is 11.1 Å². The van der Waals surface area contributed by atoms with E-state index < -0.39 is 0 Å². The van der Waals surface area contributed by atoms with Crippen LogP contribution < -0.4 is 11.1 Å². The van der Waals surface area contributed by atoms with E-state index >= 15 is 0 Å². The molecule has 0 spiro atoms. The summed E-state index contributed by atoms with van der Waals surface area (Å²) in [5, 5.41) is 3.28. The fourth-order valence-corrected chi connectivity index (χ4v) is 1.84. The van der Waals surface area contributed by atoms with Gasteiger partial charge in [0.2, 0.25) is 0 Å².